The fourth-order valence-corrected chi connectivity index (χ4v) is 2.45. The molecule has 3 rings (SSSR count). The Morgan fingerprint density at radius 1 is 0.750 bits per heavy atom. The van der Waals surface area contributed by atoms with Crippen LogP contribution in [-0.2, 0) is 5.75 Å². The molecule has 0 aromatic heterocycles. The Morgan fingerprint density at radius 3 is 2.19 bits per heavy atom. The summed E-state index contributed by atoms with van der Waals surface area (Å²) in [7, 11) is 0. The molecule has 0 aliphatic carbocycles. The maximum atomic E-state index is 4.38. The molecule has 0 nitrogen and oxygen atoms in total. The molecular weight excluding hydrogens is 212 g/mol. The molecule has 0 bridgehead atoms. The second-order valence-electron chi connectivity index (χ2n) is 4.00. The number of thiol groups is 1. The molecule has 0 amide bonds. The number of hydrogen-bond acceptors (Lipinski definition) is 1. The summed E-state index contributed by atoms with van der Waals surface area (Å²) < 4.78 is 0. The fraction of sp³-hybridized carbons (Fsp3) is 0.0667. The van der Waals surface area contributed by atoms with Crippen molar-refractivity contribution in [2.75, 3.05) is 0 Å². The Labute approximate surface area is 100 Å². The molecule has 0 aliphatic heterocycles. The predicted octanol–water partition coefficient (Wildman–Crippen LogP) is 4.42. The van der Waals surface area contributed by atoms with Gasteiger partial charge in [-0.25, -0.2) is 0 Å². The zero-order valence-electron chi connectivity index (χ0n) is 8.85. The third kappa shape index (κ3) is 1.48. The van der Waals surface area contributed by atoms with Crippen LogP contribution in [0.1, 0.15) is 5.56 Å². The van der Waals surface area contributed by atoms with Crippen molar-refractivity contribution in [3.05, 3.63) is 60.2 Å². The number of hydrogen-bond donors (Lipinski definition) is 1. The molecule has 0 N–H and O–H groups in total. The van der Waals surface area contributed by atoms with Gasteiger partial charge in [-0.05, 0) is 39.2 Å². The largest absolute Gasteiger partial charge is 0.175 e. The first-order valence-electron chi connectivity index (χ1n) is 5.40. The van der Waals surface area contributed by atoms with Crippen molar-refractivity contribution < 1.29 is 0 Å². The monoisotopic (exact) mass is 224 g/mol. The maximum Gasteiger partial charge on any atom is 0.0160 e. The Morgan fingerprint density at radius 2 is 1.44 bits per heavy atom. The Bertz CT molecular complexity index is 656. The molecule has 78 valence electrons. The number of rotatable bonds is 1. The molecule has 3 aromatic rings. The van der Waals surface area contributed by atoms with Crippen LogP contribution in [0.5, 0.6) is 0 Å². The molecule has 0 saturated carbocycles. The minimum Gasteiger partial charge on any atom is -0.175 e. The molecule has 0 radical (unpaired) electrons. The molecular formula is C15H12S. The lowest BCUT2D eigenvalue weighted by molar-refractivity contribution is 1.48. The van der Waals surface area contributed by atoms with Gasteiger partial charge >= 0.3 is 0 Å². The van der Waals surface area contributed by atoms with Crippen molar-refractivity contribution in [1.82, 2.24) is 0 Å². The van der Waals surface area contributed by atoms with Crippen molar-refractivity contribution in [1.29, 1.82) is 0 Å². The van der Waals surface area contributed by atoms with E-state index in [1.165, 1.54) is 27.1 Å². The molecule has 0 aliphatic rings. The van der Waals surface area contributed by atoms with Gasteiger partial charge in [-0.3, -0.25) is 0 Å². The van der Waals surface area contributed by atoms with Crippen molar-refractivity contribution in [2.45, 2.75) is 5.75 Å². The van der Waals surface area contributed by atoms with Crippen molar-refractivity contribution >= 4 is 34.2 Å². The van der Waals surface area contributed by atoms with Gasteiger partial charge in [0, 0.05) is 5.75 Å². The van der Waals surface area contributed by atoms with Crippen LogP contribution in [-0.4, -0.2) is 0 Å². The van der Waals surface area contributed by atoms with Gasteiger partial charge in [-0.2, -0.15) is 12.6 Å². The molecule has 0 fully saturated rings. The van der Waals surface area contributed by atoms with Crippen molar-refractivity contribution in [2.24, 2.45) is 0 Å². The highest BCUT2D eigenvalue weighted by Crippen LogP contribution is 2.26. The van der Waals surface area contributed by atoms with E-state index >= 15 is 0 Å². The summed E-state index contributed by atoms with van der Waals surface area (Å²) in [4.78, 5) is 0. The van der Waals surface area contributed by atoms with E-state index in [1.54, 1.807) is 0 Å². The Hall–Kier alpha value is -1.47. The van der Waals surface area contributed by atoms with E-state index in [9.17, 15) is 0 Å². The third-order valence-electron chi connectivity index (χ3n) is 3.01. The molecule has 0 heterocycles. The van der Waals surface area contributed by atoms with Crippen LogP contribution in [0, 0.1) is 0 Å². The zero-order chi connectivity index (χ0) is 11.0. The lowest BCUT2D eigenvalue weighted by Crippen LogP contribution is -1.82. The molecule has 3 aromatic carbocycles. The van der Waals surface area contributed by atoms with Crippen molar-refractivity contribution in [3.8, 4) is 0 Å². The number of benzene rings is 3. The van der Waals surface area contributed by atoms with Gasteiger partial charge in [0.15, 0.2) is 0 Å². The summed E-state index contributed by atoms with van der Waals surface area (Å²) in [5.41, 5.74) is 1.30. The van der Waals surface area contributed by atoms with Crippen LogP contribution < -0.4 is 0 Å². The van der Waals surface area contributed by atoms with Gasteiger partial charge in [-0.15, -0.1) is 0 Å². The SMILES string of the molecule is SCc1cccc2cc3ccccc3cc12. The summed E-state index contributed by atoms with van der Waals surface area (Å²) in [5.74, 6) is 0.787. The third-order valence-corrected chi connectivity index (χ3v) is 3.35. The quantitative estimate of drug-likeness (QED) is 0.459. The first kappa shape index (κ1) is 9.73. The molecule has 0 spiro atoms. The zero-order valence-corrected chi connectivity index (χ0v) is 9.74. The molecule has 16 heavy (non-hydrogen) atoms. The van der Waals surface area contributed by atoms with Crippen LogP contribution in [0.2, 0.25) is 0 Å². The van der Waals surface area contributed by atoms with Crippen LogP contribution in [0.4, 0.5) is 0 Å². The highest BCUT2D eigenvalue weighted by molar-refractivity contribution is 7.79. The van der Waals surface area contributed by atoms with E-state index in [-0.39, 0.29) is 0 Å². The van der Waals surface area contributed by atoms with Gasteiger partial charge in [0.25, 0.3) is 0 Å². The van der Waals surface area contributed by atoms with Gasteiger partial charge < -0.3 is 0 Å². The second kappa shape index (κ2) is 3.84. The first-order valence-corrected chi connectivity index (χ1v) is 6.03. The van der Waals surface area contributed by atoms with E-state index in [4.69, 9.17) is 0 Å². The topological polar surface area (TPSA) is 0 Å². The van der Waals surface area contributed by atoms with Crippen LogP contribution >= 0.6 is 12.6 Å². The maximum absolute atomic E-state index is 4.38. The van der Waals surface area contributed by atoms with E-state index in [2.05, 4.69) is 67.2 Å². The lowest BCUT2D eigenvalue weighted by Gasteiger charge is -2.06. The summed E-state index contributed by atoms with van der Waals surface area (Å²) in [6.45, 7) is 0. The van der Waals surface area contributed by atoms with Gasteiger partial charge in [-0.1, -0.05) is 42.5 Å². The average molecular weight is 224 g/mol. The predicted molar refractivity (Wildman–Crippen MR) is 74.1 cm³/mol. The highest BCUT2D eigenvalue weighted by atomic mass is 32.1. The number of fused-ring (bicyclic) bond motifs is 2. The summed E-state index contributed by atoms with van der Waals surface area (Å²) in [5, 5.41) is 5.21. The summed E-state index contributed by atoms with van der Waals surface area (Å²) >= 11 is 4.38. The minimum absolute atomic E-state index is 0.787. The van der Waals surface area contributed by atoms with E-state index in [0.29, 0.717) is 0 Å². The van der Waals surface area contributed by atoms with Crippen molar-refractivity contribution in [3.63, 3.8) is 0 Å². The second-order valence-corrected chi connectivity index (χ2v) is 4.31. The Kier molecular flexibility index (Phi) is 2.33. The molecule has 0 atom stereocenters. The highest BCUT2D eigenvalue weighted by Gasteiger charge is 2.01. The van der Waals surface area contributed by atoms with Gasteiger partial charge in [0.2, 0.25) is 0 Å². The lowest BCUT2D eigenvalue weighted by atomic mass is 10.0. The molecule has 0 saturated heterocycles. The van der Waals surface area contributed by atoms with Crippen LogP contribution in [0.3, 0.4) is 0 Å². The summed E-state index contributed by atoms with van der Waals surface area (Å²) in [6.07, 6.45) is 0. The van der Waals surface area contributed by atoms with Gasteiger partial charge in [0.05, 0.1) is 0 Å². The van der Waals surface area contributed by atoms with E-state index in [0.717, 1.165) is 5.75 Å². The first-order chi connectivity index (χ1) is 7.88. The summed E-state index contributed by atoms with van der Waals surface area (Å²) in [6, 6.07) is 19.4. The molecule has 1 heteroatoms. The average Bonchev–Trinajstić information content (AvgIpc) is 2.35. The van der Waals surface area contributed by atoms with Crippen LogP contribution in [0.15, 0.2) is 54.6 Å². The fourth-order valence-electron chi connectivity index (χ4n) is 2.17. The van der Waals surface area contributed by atoms with E-state index in [1.807, 2.05) is 0 Å². The Balaban J connectivity index is 2.46. The standard InChI is InChI=1S/C15H12S/c16-10-14-7-3-6-13-8-11-4-1-2-5-12(11)9-15(13)14/h1-9,16H,10H2. The smallest absolute Gasteiger partial charge is 0.0160 e. The van der Waals surface area contributed by atoms with Crippen LogP contribution in [0.25, 0.3) is 21.5 Å². The minimum atomic E-state index is 0.787. The molecule has 0 unspecified atom stereocenters. The van der Waals surface area contributed by atoms with E-state index < -0.39 is 0 Å². The van der Waals surface area contributed by atoms with Gasteiger partial charge in [0.1, 0.15) is 0 Å². The normalized spacial score (nSPS) is 11.1.